The maximum Gasteiger partial charge on any atom is 0.103 e. The third kappa shape index (κ3) is 12.4. The van der Waals surface area contributed by atoms with E-state index in [1.54, 1.807) is 0 Å². The van der Waals surface area contributed by atoms with Gasteiger partial charge in [-0.3, -0.25) is 0 Å². The van der Waals surface area contributed by atoms with E-state index in [2.05, 4.69) is 110 Å². The molecule has 0 fully saturated rings. The van der Waals surface area contributed by atoms with Crippen molar-refractivity contribution in [3.8, 4) is 11.1 Å². The first kappa shape index (κ1) is 31.2. The molecule has 0 heterocycles. The predicted octanol–water partition coefficient (Wildman–Crippen LogP) is 7.65. The molecule has 0 bridgehead atoms. The number of carbonyl (C=O) groups excluding carboxylic acids is 1. The van der Waals surface area contributed by atoms with Crippen LogP contribution in [0, 0.1) is 6.07 Å². The summed E-state index contributed by atoms with van der Waals surface area (Å²) in [7, 11) is 10.1. The maximum atomic E-state index is 9.99. The number of carbonyl (C=O) groups is 1. The number of fused-ring (bicyclic) bond motifs is 3. The van der Waals surface area contributed by atoms with Crippen LogP contribution in [-0.4, -0.2) is 15.4 Å². The number of benzene rings is 4. The van der Waals surface area contributed by atoms with Crippen LogP contribution in [0.2, 0.25) is 0 Å². The van der Waals surface area contributed by atoms with Crippen LogP contribution in [0.15, 0.2) is 103 Å². The molecule has 0 aliphatic heterocycles. The van der Waals surface area contributed by atoms with Crippen LogP contribution in [0.5, 0.6) is 0 Å². The first-order valence-electron chi connectivity index (χ1n) is 12.3. The second-order valence-electron chi connectivity index (χ2n) is 8.31. The fourth-order valence-electron chi connectivity index (χ4n) is 3.82. The maximum absolute atomic E-state index is 9.99. The van der Waals surface area contributed by atoms with Crippen molar-refractivity contribution in [3.63, 3.8) is 0 Å². The monoisotopic (exact) mass is 622 g/mol. The molecule has 189 valence electrons. The van der Waals surface area contributed by atoms with E-state index in [9.17, 15) is 4.79 Å². The fourth-order valence-corrected chi connectivity index (χ4v) is 5.04. The standard InChI is InChI=1S/C13H9.C12H11Si.C6H13NO.2ClH.Zr/c1-3-7-12-10(5-1)9-11-6-2-4-8-13(11)12;1-3-7-11(8-4-1)13-12-9-5-2-6-10-12;1-2-3-4-5-6(7)8;;;/h1-5,7-8H,9H2;1-10,13H;2-5H2,1H3,(H2,7,8);2*1H;/q-1;;;;;+4/p-3. The molecule has 1 radical (unpaired) electrons. The van der Waals surface area contributed by atoms with Crippen LogP contribution in [0.4, 0.5) is 0 Å². The number of amides is 1. The van der Waals surface area contributed by atoms with E-state index in [0.717, 1.165) is 25.7 Å². The normalized spacial score (nSPS) is 10.0. The molecule has 0 saturated carbocycles. The van der Waals surface area contributed by atoms with Gasteiger partial charge in [0.25, 0.3) is 0 Å². The average molecular weight is 625 g/mol. The van der Waals surface area contributed by atoms with E-state index >= 15 is 0 Å². The summed E-state index contributed by atoms with van der Waals surface area (Å²) in [6.45, 7) is 2.08. The minimum Gasteiger partial charge on any atom is -0.179 e. The third-order valence-electron chi connectivity index (χ3n) is 5.56. The molecule has 4 aromatic carbocycles. The zero-order chi connectivity index (χ0) is 26.7. The van der Waals surface area contributed by atoms with E-state index in [-0.39, 0.29) is 9.52 Å². The van der Waals surface area contributed by atoms with Crippen LogP contribution in [0.3, 0.4) is 0 Å². The molecular weight excluding hydrogens is 593 g/mol. The largest absolute Gasteiger partial charge is 0.179 e. The van der Waals surface area contributed by atoms with Crippen molar-refractivity contribution in [2.45, 2.75) is 39.0 Å². The van der Waals surface area contributed by atoms with E-state index in [0.29, 0.717) is 6.42 Å². The molecular formula is C31H32Cl2NOSiZr. The Hall–Kier alpha value is -1.97. The Balaban J connectivity index is 0.000000191. The molecule has 5 rings (SSSR count). The Morgan fingerprint density at radius 3 is 1.95 bits per heavy atom. The topological polar surface area (TPSA) is 40.9 Å². The Kier molecular flexibility index (Phi) is 16.2. The van der Waals surface area contributed by atoms with Crippen LogP contribution in [0.1, 0.15) is 43.7 Å². The van der Waals surface area contributed by atoms with Crippen LogP contribution < -0.4 is 10.4 Å². The molecule has 6 heteroatoms. The van der Waals surface area contributed by atoms with E-state index in [1.165, 1.54) is 32.6 Å². The van der Waals surface area contributed by atoms with Crippen molar-refractivity contribution in [2.24, 2.45) is 0 Å². The molecule has 37 heavy (non-hydrogen) atoms. The van der Waals surface area contributed by atoms with Gasteiger partial charge in [0, 0.05) is 5.91 Å². The van der Waals surface area contributed by atoms with Crippen LogP contribution in [-0.2, 0) is 32.1 Å². The van der Waals surface area contributed by atoms with Gasteiger partial charge in [-0.15, -0.1) is 5.56 Å². The summed E-state index contributed by atoms with van der Waals surface area (Å²) in [6.07, 6.45) is 4.57. The van der Waals surface area contributed by atoms with Crippen molar-refractivity contribution in [2.75, 3.05) is 0 Å². The first-order chi connectivity index (χ1) is 18.1. The van der Waals surface area contributed by atoms with Crippen molar-refractivity contribution in [1.82, 2.24) is 0 Å². The summed E-state index contributed by atoms with van der Waals surface area (Å²) >= 11 is -0.826. The fraction of sp³-hybridized carbons (Fsp3) is 0.194. The zero-order valence-electron chi connectivity index (χ0n) is 21.1. The van der Waals surface area contributed by atoms with Gasteiger partial charge in [0.05, 0.1) is 0 Å². The van der Waals surface area contributed by atoms with Crippen LogP contribution >= 0.6 is 17.0 Å². The van der Waals surface area contributed by atoms with Gasteiger partial charge in [-0.2, -0.15) is 29.8 Å². The van der Waals surface area contributed by atoms with Gasteiger partial charge >= 0.3 is 37.9 Å². The molecule has 0 unspecified atom stereocenters. The van der Waals surface area contributed by atoms with Crippen molar-refractivity contribution >= 4 is 42.8 Å². The smallest absolute Gasteiger partial charge is 0.103 e. The quantitative estimate of drug-likeness (QED) is 0.109. The second kappa shape index (κ2) is 19.2. The zero-order valence-corrected chi connectivity index (χ0v) is 26.2. The molecule has 1 amide bonds. The first-order valence-corrected chi connectivity index (χ1v) is 19.8. The van der Waals surface area contributed by atoms with E-state index in [4.69, 9.17) is 22.8 Å². The van der Waals surface area contributed by atoms with Gasteiger partial charge in [0.1, 0.15) is 9.52 Å². The number of halogens is 2. The van der Waals surface area contributed by atoms with Gasteiger partial charge in [0.15, 0.2) is 0 Å². The molecule has 1 aliphatic carbocycles. The summed E-state index contributed by atoms with van der Waals surface area (Å²) < 4.78 is 0. The van der Waals surface area contributed by atoms with Crippen LogP contribution in [0.25, 0.3) is 16.9 Å². The minimum atomic E-state index is -0.826. The van der Waals surface area contributed by atoms with Gasteiger partial charge < -0.3 is 10.5 Å². The molecule has 1 aliphatic rings. The molecule has 0 atom stereocenters. The summed E-state index contributed by atoms with van der Waals surface area (Å²) in [6, 6.07) is 39.4. The van der Waals surface area contributed by atoms with Crippen molar-refractivity contribution in [3.05, 3.63) is 126 Å². The van der Waals surface area contributed by atoms with Crippen molar-refractivity contribution in [1.29, 1.82) is 0 Å². The average Bonchev–Trinajstić information content (AvgIpc) is 3.30. The number of unbranched alkanes of at least 4 members (excludes halogenated alkanes) is 2. The third-order valence-corrected chi connectivity index (χ3v) is 6.99. The molecule has 1 N–H and O–H groups in total. The van der Waals surface area contributed by atoms with Gasteiger partial charge in [0.2, 0.25) is 0 Å². The Morgan fingerprint density at radius 1 is 0.838 bits per heavy atom. The Morgan fingerprint density at radius 2 is 1.38 bits per heavy atom. The summed E-state index contributed by atoms with van der Waals surface area (Å²) in [5, 5.41) is 2.90. The summed E-state index contributed by atoms with van der Waals surface area (Å²) in [5.41, 5.74) is 12.0. The SMILES string of the molecule is CCCCCC([NH-])=O.[Cl][Zr+2][Cl].[c-]1cccc2c1Cc1ccccc1-2.c1ccc([SiH]c2ccccc2)cc1. The summed E-state index contributed by atoms with van der Waals surface area (Å²) in [5.74, 6) is -0.432. The molecule has 2 nitrogen and oxygen atoms in total. The molecule has 0 aromatic heterocycles. The van der Waals surface area contributed by atoms with Gasteiger partial charge in [-0.1, -0.05) is 126 Å². The second-order valence-corrected chi connectivity index (χ2v) is 13.7. The van der Waals surface area contributed by atoms with Crippen molar-refractivity contribution < 1.29 is 25.6 Å². The number of hydrogen-bond acceptors (Lipinski definition) is 1. The Labute approximate surface area is 243 Å². The number of nitrogens with one attached hydrogen (secondary N) is 1. The minimum absolute atomic E-state index is 0.271. The van der Waals surface area contributed by atoms with E-state index in [1.807, 2.05) is 6.07 Å². The summed E-state index contributed by atoms with van der Waals surface area (Å²) in [4.78, 5) is 9.99. The Bertz CT molecular complexity index is 1090. The molecule has 0 saturated heterocycles. The molecule has 0 spiro atoms. The number of rotatable bonds is 6. The molecule has 4 aromatic rings. The van der Waals surface area contributed by atoms with E-state index < -0.39 is 26.8 Å². The number of hydrogen-bond donors (Lipinski definition) is 0. The van der Waals surface area contributed by atoms with Gasteiger partial charge in [-0.05, 0) is 19.3 Å². The van der Waals surface area contributed by atoms with Gasteiger partial charge in [-0.25, -0.2) is 0 Å². The predicted molar refractivity (Wildman–Crippen MR) is 158 cm³/mol.